The first-order chi connectivity index (χ1) is 12.9. The van der Waals surface area contributed by atoms with Crippen LogP contribution < -0.4 is 9.47 Å². The highest BCUT2D eigenvalue weighted by molar-refractivity contribution is 7.89. The monoisotopic (exact) mass is 390 g/mol. The van der Waals surface area contributed by atoms with Gasteiger partial charge in [0.1, 0.15) is 11.5 Å². The van der Waals surface area contributed by atoms with E-state index in [0.29, 0.717) is 42.4 Å². The molecule has 0 amide bonds. The van der Waals surface area contributed by atoms with Gasteiger partial charge in [0.15, 0.2) is 0 Å². The lowest BCUT2D eigenvalue weighted by Crippen LogP contribution is -2.48. The van der Waals surface area contributed by atoms with E-state index >= 15 is 0 Å². The maximum Gasteiger partial charge on any atom is 0.243 e. The summed E-state index contributed by atoms with van der Waals surface area (Å²) in [6.07, 6.45) is 0. The SMILES string of the molecule is COc1cccc(CN2CCN(S(=O)(=O)c3ccc(OC)cc3C)CC2)c1. The molecule has 1 aliphatic rings. The van der Waals surface area contributed by atoms with Gasteiger partial charge in [-0.05, 0) is 48.4 Å². The molecular weight excluding hydrogens is 364 g/mol. The number of benzene rings is 2. The summed E-state index contributed by atoms with van der Waals surface area (Å²) in [5, 5.41) is 0. The van der Waals surface area contributed by atoms with Gasteiger partial charge in [-0.1, -0.05) is 12.1 Å². The Labute approximate surface area is 161 Å². The van der Waals surface area contributed by atoms with E-state index in [1.807, 2.05) is 18.2 Å². The van der Waals surface area contributed by atoms with Crippen LogP contribution in [0, 0.1) is 6.92 Å². The Morgan fingerprint density at radius 2 is 1.59 bits per heavy atom. The average Bonchev–Trinajstić information content (AvgIpc) is 2.68. The van der Waals surface area contributed by atoms with Gasteiger partial charge < -0.3 is 9.47 Å². The Balaban J connectivity index is 1.66. The zero-order valence-electron chi connectivity index (χ0n) is 16.0. The van der Waals surface area contributed by atoms with E-state index in [9.17, 15) is 8.42 Å². The molecule has 0 unspecified atom stereocenters. The molecule has 0 aliphatic carbocycles. The van der Waals surface area contributed by atoms with Crippen molar-refractivity contribution in [2.24, 2.45) is 0 Å². The number of hydrogen-bond acceptors (Lipinski definition) is 5. The van der Waals surface area contributed by atoms with Crippen molar-refractivity contribution in [1.82, 2.24) is 9.21 Å². The lowest BCUT2D eigenvalue weighted by Gasteiger charge is -2.34. The first-order valence-corrected chi connectivity index (χ1v) is 10.4. The van der Waals surface area contributed by atoms with E-state index in [-0.39, 0.29) is 0 Å². The lowest BCUT2D eigenvalue weighted by molar-refractivity contribution is 0.181. The molecule has 146 valence electrons. The van der Waals surface area contributed by atoms with Crippen molar-refractivity contribution >= 4 is 10.0 Å². The van der Waals surface area contributed by atoms with Crippen molar-refractivity contribution in [1.29, 1.82) is 0 Å². The molecule has 2 aromatic rings. The van der Waals surface area contributed by atoms with Gasteiger partial charge in [0.05, 0.1) is 19.1 Å². The van der Waals surface area contributed by atoms with Gasteiger partial charge in [-0.3, -0.25) is 4.90 Å². The van der Waals surface area contributed by atoms with E-state index < -0.39 is 10.0 Å². The first kappa shape index (κ1) is 19.7. The molecule has 27 heavy (non-hydrogen) atoms. The molecule has 0 radical (unpaired) electrons. The molecule has 0 atom stereocenters. The maximum atomic E-state index is 13.0. The van der Waals surface area contributed by atoms with Crippen molar-refractivity contribution in [2.45, 2.75) is 18.4 Å². The van der Waals surface area contributed by atoms with Crippen molar-refractivity contribution in [2.75, 3.05) is 40.4 Å². The van der Waals surface area contributed by atoms with E-state index in [1.165, 1.54) is 0 Å². The Kier molecular flexibility index (Phi) is 6.04. The summed E-state index contributed by atoms with van der Waals surface area (Å²) in [5.74, 6) is 1.50. The maximum absolute atomic E-state index is 13.0. The number of piperazine rings is 1. The van der Waals surface area contributed by atoms with Crippen molar-refractivity contribution < 1.29 is 17.9 Å². The zero-order valence-corrected chi connectivity index (χ0v) is 16.8. The van der Waals surface area contributed by atoms with Gasteiger partial charge in [0, 0.05) is 32.7 Å². The number of rotatable bonds is 6. The summed E-state index contributed by atoms with van der Waals surface area (Å²) < 4.78 is 38.0. The molecular formula is C20H26N2O4S. The van der Waals surface area contributed by atoms with Crippen molar-refractivity contribution in [3.05, 3.63) is 53.6 Å². The normalized spacial score (nSPS) is 16.3. The van der Waals surface area contributed by atoms with Crippen LogP contribution in [-0.2, 0) is 16.6 Å². The van der Waals surface area contributed by atoms with Gasteiger partial charge in [-0.2, -0.15) is 4.31 Å². The van der Waals surface area contributed by atoms with E-state index in [1.54, 1.807) is 43.6 Å². The zero-order chi connectivity index (χ0) is 19.4. The van der Waals surface area contributed by atoms with Crippen LogP contribution in [0.15, 0.2) is 47.4 Å². The third kappa shape index (κ3) is 4.43. The van der Waals surface area contributed by atoms with Gasteiger partial charge >= 0.3 is 0 Å². The second-order valence-electron chi connectivity index (χ2n) is 6.66. The molecule has 0 N–H and O–H groups in total. The van der Waals surface area contributed by atoms with Crippen LogP contribution in [0.4, 0.5) is 0 Å². The third-order valence-corrected chi connectivity index (χ3v) is 6.93. The molecule has 1 heterocycles. The fraction of sp³-hybridized carbons (Fsp3) is 0.400. The highest BCUT2D eigenvalue weighted by Crippen LogP contribution is 2.25. The topological polar surface area (TPSA) is 59.1 Å². The van der Waals surface area contributed by atoms with Gasteiger partial charge in [-0.15, -0.1) is 0 Å². The number of hydrogen-bond donors (Lipinski definition) is 0. The number of aryl methyl sites for hydroxylation is 1. The van der Waals surface area contributed by atoms with E-state index in [4.69, 9.17) is 9.47 Å². The minimum atomic E-state index is -3.49. The number of sulfonamides is 1. The second kappa shape index (κ2) is 8.29. The van der Waals surface area contributed by atoms with Crippen LogP contribution >= 0.6 is 0 Å². The summed E-state index contributed by atoms with van der Waals surface area (Å²) in [4.78, 5) is 2.62. The standard InChI is InChI=1S/C20H26N2O4S/c1-16-13-19(26-3)7-8-20(16)27(23,24)22-11-9-21(10-12-22)15-17-5-4-6-18(14-17)25-2/h4-8,13-14H,9-12,15H2,1-3H3. The molecule has 0 saturated carbocycles. The Bertz CT molecular complexity index is 891. The number of ether oxygens (including phenoxy) is 2. The fourth-order valence-electron chi connectivity index (χ4n) is 3.33. The van der Waals surface area contributed by atoms with E-state index in [2.05, 4.69) is 11.0 Å². The minimum absolute atomic E-state index is 0.351. The summed E-state index contributed by atoms with van der Waals surface area (Å²) in [6.45, 7) is 4.95. The number of nitrogens with zero attached hydrogens (tertiary/aromatic N) is 2. The smallest absolute Gasteiger partial charge is 0.243 e. The summed E-state index contributed by atoms with van der Waals surface area (Å²) in [5.41, 5.74) is 1.87. The lowest BCUT2D eigenvalue weighted by atomic mass is 10.2. The number of methoxy groups -OCH3 is 2. The highest BCUT2D eigenvalue weighted by atomic mass is 32.2. The predicted octanol–water partition coefficient (Wildman–Crippen LogP) is 2.52. The van der Waals surface area contributed by atoms with E-state index in [0.717, 1.165) is 17.9 Å². The van der Waals surface area contributed by atoms with Crippen LogP contribution in [-0.4, -0.2) is 58.0 Å². The van der Waals surface area contributed by atoms with Crippen LogP contribution in [0.5, 0.6) is 11.5 Å². The van der Waals surface area contributed by atoms with Crippen molar-refractivity contribution in [3.63, 3.8) is 0 Å². The molecule has 1 saturated heterocycles. The fourth-order valence-corrected chi connectivity index (χ4v) is 4.96. The molecule has 0 spiro atoms. The minimum Gasteiger partial charge on any atom is -0.497 e. The Morgan fingerprint density at radius 3 is 2.22 bits per heavy atom. The highest BCUT2D eigenvalue weighted by Gasteiger charge is 2.29. The Hall–Kier alpha value is -2.09. The molecule has 1 aliphatic heterocycles. The summed E-state index contributed by atoms with van der Waals surface area (Å²) in [6, 6.07) is 13.1. The molecule has 0 bridgehead atoms. The summed E-state index contributed by atoms with van der Waals surface area (Å²) in [7, 11) is -0.263. The van der Waals surface area contributed by atoms with Gasteiger partial charge in [-0.25, -0.2) is 8.42 Å². The molecule has 0 aromatic heterocycles. The first-order valence-electron chi connectivity index (χ1n) is 8.94. The quantitative estimate of drug-likeness (QED) is 0.759. The van der Waals surface area contributed by atoms with Gasteiger partial charge in [0.2, 0.25) is 10.0 Å². The molecule has 2 aromatic carbocycles. The van der Waals surface area contributed by atoms with Crippen LogP contribution in [0.3, 0.4) is 0 Å². The Morgan fingerprint density at radius 1 is 0.926 bits per heavy atom. The van der Waals surface area contributed by atoms with Crippen LogP contribution in [0.2, 0.25) is 0 Å². The molecule has 3 rings (SSSR count). The van der Waals surface area contributed by atoms with Crippen molar-refractivity contribution in [3.8, 4) is 11.5 Å². The predicted molar refractivity (Wildman–Crippen MR) is 105 cm³/mol. The second-order valence-corrected chi connectivity index (χ2v) is 8.57. The molecule has 1 fully saturated rings. The molecule has 6 nitrogen and oxygen atoms in total. The largest absolute Gasteiger partial charge is 0.497 e. The average molecular weight is 391 g/mol. The van der Waals surface area contributed by atoms with Crippen LogP contribution in [0.1, 0.15) is 11.1 Å². The third-order valence-electron chi connectivity index (χ3n) is 4.87. The summed E-state index contributed by atoms with van der Waals surface area (Å²) >= 11 is 0. The van der Waals surface area contributed by atoms with Gasteiger partial charge in [0.25, 0.3) is 0 Å². The molecule has 7 heteroatoms. The van der Waals surface area contributed by atoms with Crippen LogP contribution in [0.25, 0.3) is 0 Å².